The maximum absolute atomic E-state index is 8.38. The first-order valence-electron chi connectivity index (χ1n) is 5.36. The van der Waals surface area contributed by atoms with Gasteiger partial charge in [0.1, 0.15) is 0 Å². The molecule has 0 atom stereocenters. The molecule has 16 heavy (non-hydrogen) atoms. The van der Waals surface area contributed by atoms with E-state index in [9.17, 15) is 0 Å². The SMILES string of the molecule is N#CCCCNCc1ccc2c(c1)OCO2. The van der Waals surface area contributed by atoms with Gasteiger partial charge < -0.3 is 14.8 Å². The molecule has 1 N–H and O–H groups in total. The Morgan fingerprint density at radius 1 is 1.31 bits per heavy atom. The van der Waals surface area contributed by atoms with Crippen LogP contribution in [0.4, 0.5) is 0 Å². The van der Waals surface area contributed by atoms with Crippen LogP contribution < -0.4 is 14.8 Å². The molecule has 2 rings (SSSR count). The van der Waals surface area contributed by atoms with Crippen LogP contribution in [0.5, 0.6) is 11.5 Å². The molecule has 0 saturated carbocycles. The van der Waals surface area contributed by atoms with Gasteiger partial charge >= 0.3 is 0 Å². The highest BCUT2D eigenvalue weighted by Gasteiger charge is 2.12. The summed E-state index contributed by atoms with van der Waals surface area (Å²) in [6, 6.07) is 8.05. The van der Waals surface area contributed by atoms with Gasteiger partial charge in [-0.25, -0.2) is 0 Å². The van der Waals surface area contributed by atoms with Crippen molar-refractivity contribution in [2.24, 2.45) is 0 Å². The summed E-state index contributed by atoms with van der Waals surface area (Å²) in [5.74, 6) is 1.63. The third kappa shape index (κ3) is 2.65. The van der Waals surface area contributed by atoms with Crippen molar-refractivity contribution in [1.82, 2.24) is 5.32 Å². The van der Waals surface area contributed by atoms with E-state index in [0.717, 1.165) is 31.0 Å². The van der Waals surface area contributed by atoms with E-state index in [-0.39, 0.29) is 0 Å². The van der Waals surface area contributed by atoms with Crippen LogP contribution in [0.25, 0.3) is 0 Å². The zero-order chi connectivity index (χ0) is 11.2. The fourth-order valence-electron chi connectivity index (χ4n) is 1.58. The molecule has 1 aromatic rings. The Balaban J connectivity index is 1.80. The monoisotopic (exact) mass is 218 g/mol. The minimum absolute atomic E-state index is 0.314. The van der Waals surface area contributed by atoms with Crippen molar-refractivity contribution in [3.8, 4) is 17.6 Å². The van der Waals surface area contributed by atoms with E-state index in [0.29, 0.717) is 13.2 Å². The Labute approximate surface area is 94.8 Å². The Kier molecular flexibility index (Phi) is 3.62. The summed E-state index contributed by atoms with van der Waals surface area (Å²) in [6.07, 6.45) is 1.50. The molecule has 0 fully saturated rings. The summed E-state index contributed by atoms with van der Waals surface area (Å²) in [7, 11) is 0. The number of ether oxygens (including phenoxy) is 2. The number of fused-ring (bicyclic) bond motifs is 1. The van der Waals surface area contributed by atoms with Gasteiger partial charge in [-0.1, -0.05) is 6.07 Å². The summed E-state index contributed by atoms with van der Waals surface area (Å²) in [4.78, 5) is 0. The van der Waals surface area contributed by atoms with Crippen LogP contribution in [0, 0.1) is 11.3 Å². The summed E-state index contributed by atoms with van der Waals surface area (Å²) in [6.45, 7) is 1.97. The van der Waals surface area contributed by atoms with Crippen molar-refractivity contribution in [2.75, 3.05) is 13.3 Å². The molecule has 0 saturated heterocycles. The number of nitrogens with zero attached hydrogens (tertiary/aromatic N) is 1. The molecule has 0 bridgehead atoms. The van der Waals surface area contributed by atoms with Crippen LogP contribution >= 0.6 is 0 Å². The minimum atomic E-state index is 0.314. The molecular formula is C12H14N2O2. The highest BCUT2D eigenvalue weighted by molar-refractivity contribution is 5.44. The molecule has 4 heteroatoms. The van der Waals surface area contributed by atoms with Crippen LogP contribution in [0.2, 0.25) is 0 Å². The standard InChI is InChI=1S/C12H14N2O2/c13-5-1-2-6-14-8-10-3-4-11-12(7-10)16-9-15-11/h3-4,7,14H,1-2,6,8-9H2. The Hall–Kier alpha value is -1.73. The molecule has 0 aliphatic carbocycles. The normalized spacial score (nSPS) is 12.4. The lowest BCUT2D eigenvalue weighted by atomic mass is 10.2. The van der Waals surface area contributed by atoms with Gasteiger partial charge in [-0.3, -0.25) is 0 Å². The molecule has 1 aliphatic heterocycles. The maximum Gasteiger partial charge on any atom is 0.231 e. The zero-order valence-electron chi connectivity index (χ0n) is 9.03. The number of rotatable bonds is 5. The number of hydrogen-bond acceptors (Lipinski definition) is 4. The Morgan fingerprint density at radius 2 is 2.19 bits per heavy atom. The van der Waals surface area contributed by atoms with Gasteiger partial charge in [0.25, 0.3) is 0 Å². The Morgan fingerprint density at radius 3 is 3.06 bits per heavy atom. The quantitative estimate of drug-likeness (QED) is 0.766. The zero-order valence-corrected chi connectivity index (χ0v) is 9.03. The number of nitrogens with one attached hydrogen (secondary N) is 1. The molecule has 84 valence electrons. The van der Waals surface area contributed by atoms with Crippen LogP contribution in [-0.4, -0.2) is 13.3 Å². The van der Waals surface area contributed by atoms with Gasteiger partial charge in [0.2, 0.25) is 6.79 Å². The largest absolute Gasteiger partial charge is 0.454 e. The van der Waals surface area contributed by atoms with Gasteiger partial charge in [0.15, 0.2) is 11.5 Å². The first-order valence-corrected chi connectivity index (χ1v) is 5.36. The number of nitriles is 1. The molecule has 1 aliphatic rings. The lowest BCUT2D eigenvalue weighted by Gasteiger charge is -2.04. The molecule has 0 amide bonds. The molecule has 1 heterocycles. The Bertz CT molecular complexity index is 398. The molecule has 0 aromatic heterocycles. The van der Waals surface area contributed by atoms with Gasteiger partial charge in [-0.05, 0) is 30.7 Å². The van der Waals surface area contributed by atoms with Crippen molar-refractivity contribution in [3.63, 3.8) is 0 Å². The van der Waals surface area contributed by atoms with E-state index in [2.05, 4.69) is 11.4 Å². The van der Waals surface area contributed by atoms with Crippen LogP contribution in [0.15, 0.2) is 18.2 Å². The molecule has 0 radical (unpaired) electrons. The van der Waals surface area contributed by atoms with Crippen LogP contribution in [0.3, 0.4) is 0 Å². The van der Waals surface area contributed by atoms with E-state index >= 15 is 0 Å². The topological polar surface area (TPSA) is 54.3 Å². The van der Waals surface area contributed by atoms with E-state index in [4.69, 9.17) is 14.7 Å². The summed E-state index contributed by atoms with van der Waals surface area (Å²) in [5.41, 5.74) is 1.17. The first kappa shape index (κ1) is 10.8. The lowest BCUT2D eigenvalue weighted by molar-refractivity contribution is 0.174. The minimum Gasteiger partial charge on any atom is -0.454 e. The molecular weight excluding hydrogens is 204 g/mol. The van der Waals surface area contributed by atoms with Crippen molar-refractivity contribution >= 4 is 0 Å². The van der Waals surface area contributed by atoms with E-state index in [1.807, 2.05) is 18.2 Å². The second-order valence-electron chi connectivity index (χ2n) is 3.63. The average molecular weight is 218 g/mol. The van der Waals surface area contributed by atoms with Crippen molar-refractivity contribution < 1.29 is 9.47 Å². The summed E-state index contributed by atoms with van der Waals surface area (Å²) in [5, 5.41) is 11.7. The molecule has 1 aromatic carbocycles. The van der Waals surface area contributed by atoms with Gasteiger partial charge in [-0.15, -0.1) is 0 Å². The van der Waals surface area contributed by atoms with E-state index < -0.39 is 0 Å². The van der Waals surface area contributed by atoms with E-state index in [1.54, 1.807) is 0 Å². The molecule has 0 spiro atoms. The van der Waals surface area contributed by atoms with Crippen molar-refractivity contribution in [2.45, 2.75) is 19.4 Å². The third-order valence-electron chi connectivity index (χ3n) is 2.41. The second-order valence-corrected chi connectivity index (χ2v) is 3.63. The highest BCUT2D eigenvalue weighted by Crippen LogP contribution is 2.32. The average Bonchev–Trinajstić information content (AvgIpc) is 2.76. The van der Waals surface area contributed by atoms with Crippen LogP contribution in [0.1, 0.15) is 18.4 Å². The van der Waals surface area contributed by atoms with E-state index in [1.165, 1.54) is 5.56 Å². The lowest BCUT2D eigenvalue weighted by Crippen LogP contribution is -2.14. The first-order chi connectivity index (χ1) is 7.90. The van der Waals surface area contributed by atoms with Crippen molar-refractivity contribution in [1.29, 1.82) is 5.26 Å². The molecule has 4 nitrogen and oxygen atoms in total. The highest BCUT2D eigenvalue weighted by atomic mass is 16.7. The predicted molar refractivity (Wildman–Crippen MR) is 59.1 cm³/mol. The third-order valence-corrected chi connectivity index (χ3v) is 2.41. The van der Waals surface area contributed by atoms with Gasteiger partial charge in [0.05, 0.1) is 6.07 Å². The molecule has 0 unspecified atom stereocenters. The summed E-state index contributed by atoms with van der Waals surface area (Å²) >= 11 is 0. The number of unbranched alkanes of at least 4 members (excludes halogenated alkanes) is 1. The number of benzene rings is 1. The van der Waals surface area contributed by atoms with Gasteiger partial charge in [0, 0.05) is 13.0 Å². The number of hydrogen-bond donors (Lipinski definition) is 1. The fourth-order valence-corrected chi connectivity index (χ4v) is 1.58. The fraction of sp³-hybridized carbons (Fsp3) is 0.417. The predicted octanol–water partition coefficient (Wildman–Crippen LogP) is 1.81. The van der Waals surface area contributed by atoms with Gasteiger partial charge in [-0.2, -0.15) is 5.26 Å². The van der Waals surface area contributed by atoms with Crippen molar-refractivity contribution in [3.05, 3.63) is 23.8 Å². The second kappa shape index (κ2) is 5.38. The summed E-state index contributed by atoms with van der Waals surface area (Å²) < 4.78 is 10.5. The van der Waals surface area contributed by atoms with Crippen LogP contribution in [-0.2, 0) is 6.54 Å². The smallest absolute Gasteiger partial charge is 0.231 e. The maximum atomic E-state index is 8.38.